The van der Waals surface area contributed by atoms with Crippen molar-refractivity contribution >= 4 is 35.0 Å². The van der Waals surface area contributed by atoms with Gasteiger partial charge in [0.1, 0.15) is 23.4 Å². The normalized spacial score (nSPS) is 11.9. The highest BCUT2D eigenvalue weighted by molar-refractivity contribution is 7.99. The quantitative estimate of drug-likeness (QED) is 0.134. The molecule has 4 aromatic rings. The molecule has 180 valence electrons. The van der Waals surface area contributed by atoms with Gasteiger partial charge in [-0.05, 0) is 61.4 Å². The standard InChI is InChI=1S/C25H22Cl2N4O3S/c1-16-3-8-20(9-4-16)31-17(2)28-29-25(31)35-24(14-30(32)33)19-6-10-21(11-7-19)34-15-18-5-12-22(26)23(27)13-18/h3-13,24H,14-15H2,1-2H3/t24-/m0/s1. The van der Waals surface area contributed by atoms with E-state index in [1.54, 1.807) is 24.3 Å². The average molecular weight is 529 g/mol. The summed E-state index contributed by atoms with van der Waals surface area (Å²) in [4.78, 5) is 11.1. The van der Waals surface area contributed by atoms with E-state index in [0.29, 0.717) is 33.4 Å². The summed E-state index contributed by atoms with van der Waals surface area (Å²) in [5.41, 5.74) is 3.73. The first kappa shape index (κ1) is 25.0. The molecule has 0 aliphatic rings. The molecule has 0 radical (unpaired) electrons. The highest BCUT2D eigenvalue weighted by atomic mass is 35.5. The van der Waals surface area contributed by atoms with Crippen molar-refractivity contribution in [3.63, 3.8) is 0 Å². The van der Waals surface area contributed by atoms with Crippen molar-refractivity contribution in [2.24, 2.45) is 0 Å². The molecule has 0 bridgehead atoms. The van der Waals surface area contributed by atoms with Crippen LogP contribution in [0, 0.1) is 24.0 Å². The smallest absolute Gasteiger partial charge is 0.220 e. The zero-order chi connectivity index (χ0) is 24.9. The number of ether oxygens (including phenoxy) is 1. The summed E-state index contributed by atoms with van der Waals surface area (Å²) in [7, 11) is 0. The van der Waals surface area contributed by atoms with Crippen molar-refractivity contribution in [2.45, 2.75) is 30.9 Å². The largest absolute Gasteiger partial charge is 0.489 e. The van der Waals surface area contributed by atoms with Crippen molar-refractivity contribution in [3.05, 3.63) is 109 Å². The first-order chi connectivity index (χ1) is 16.8. The van der Waals surface area contributed by atoms with Gasteiger partial charge in [-0.15, -0.1) is 10.2 Å². The van der Waals surface area contributed by atoms with Crippen LogP contribution in [0.3, 0.4) is 0 Å². The molecule has 7 nitrogen and oxygen atoms in total. The van der Waals surface area contributed by atoms with Crippen LogP contribution in [0.1, 0.15) is 27.8 Å². The molecule has 0 fully saturated rings. The third-order valence-corrected chi connectivity index (χ3v) is 7.21. The molecule has 4 rings (SSSR count). The Morgan fingerprint density at radius 2 is 1.71 bits per heavy atom. The molecule has 0 saturated heterocycles. The molecule has 35 heavy (non-hydrogen) atoms. The predicted molar refractivity (Wildman–Crippen MR) is 139 cm³/mol. The van der Waals surface area contributed by atoms with Crippen molar-refractivity contribution in [1.29, 1.82) is 0 Å². The fourth-order valence-electron chi connectivity index (χ4n) is 3.46. The third-order valence-electron chi connectivity index (χ3n) is 5.29. The van der Waals surface area contributed by atoms with Crippen molar-refractivity contribution in [3.8, 4) is 11.4 Å². The maximum absolute atomic E-state index is 11.5. The van der Waals surface area contributed by atoms with E-state index in [-0.39, 0.29) is 11.5 Å². The van der Waals surface area contributed by atoms with Gasteiger partial charge in [0.25, 0.3) is 0 Å². The summed E-state index contributed by atoms with van der Waals surface area (Å²) < 4.78 is 7.75. The van der Waals surface area contributed by atoms with Gasteiger partial charge in [0.05, 0.1) is 10.0 Å². The van der Waals surface area contributed by atoms with Gasteiger partial charge in [0, 0.05) is 10.6 Å². The molecule has 1 atom stereocenters. The summed E-state index contributed by atoms with van der Waals surface area (Å²) in [6, 6.07) is 20.6. The highest BCUT2D eigenvalue weighted by Gasteiger charge is 2.24. The fraction of sp³-hybridized carbons (Fsp3) is 0.200. The van der Waals surface area contributed by atoms with Gasteiger partial charge in [0.15, 0.2) is 5.16 Å². The van der Waals surface area contributed by atoms with Crippen molar-refractivity contribution < 1.29 is 9.66 Å². The van der Waals surface area contributed by atoms with E-state index < -0.39 is 5.25 Å². The fourth-order valence-corrected chi connectivity index (χ4v) is 4.95. The van der Waals surface area contributed by atoms with Crippen LogP contribution in [0.5, 0.6) is 5.75 Å². The molecule has 0 N–H and O–H groups in total. The van der Waals surface area contributed by atoms with E-state index in [1.807, 2.05) is 60.9 Å². The first-order valence-corrected chi connectivity index (χ1v) is 12.4. The van der Waals surface area contributed by atoms with Crippen LogP contribution in [0.4, 0.5) is 0 Å². The zero-order valence-electron chi connectivity index (χ0n) is 19.0. The van der Waals surface area contributed by atoms with E-state index in [9.17, 15) is 10.1 Å². The lowest BCUT2D eigenvalue weighted by Crippen LogP contribution is -2.11. The maximum atomic E-state index is 11.5. The van der Waals surface area contributed by atoms with Gasteiger partial charge < -0.3 is 4.74 Å². The molecule has 0 amide bonds. The number of benzene rings is 3. The first-order valence-electron chi connectivity index (χ1n) is 10.7. The van der Waals surface area contributed by atoms with Crippen LogP contribution in [0.25, 0.3) is 5.69 Å². The Morgan fingerprint density at radius 3 is 2.37 bits per heavy atom. The van der Waals surface area contributed by atoms with E-state index in [0.717, 1.165) is 22.4 Å². The van der Waals surface area contributed by atoms with Crippen molar-refractivity contribution in [1.82, 2.24) is 14.8 Å². The minimum absolute atomic E-state index is 0.256. The van der Waals surface area contributed by atoms with Gasteiger partial charge in [-0.1, -0.05) is 70.9 Å². The number of nitro groups is 1. The zero-order valence-corrected chi connectivity index (χ0v) is 21.3. The topological polar surface area (TPSA) is 83.1 Å². The molecule has 0 saturated carbocycles. The second-order valence-electron chi connectivity index (χ2n) is 7.93. The van der Waals surface area contributed by atoms with E-state index in [1.165, 1.54) is 11.8 Å². The lowest BCUT2D eigenvalue weighted by atomic mass is 10.1. The summed E-state index contributed by atoms with van der Waals surface area (Å²) in [5, 5.41) is 21.0. The lowest BCUT2D eigenvalue weighted by molar-refractivity contribution is -0.479. The third kappa shape index (κ3) is 6.33. The summed E-state index contributed by atoms with van der Waals surface area (Å²) in [5.74, 6) is 1.35. The number of rotatable bonds is 9. The highest BCUT2D eigenvalue weighted by Crippen LogP contribution is 2.36. The van der Waals surface area contributed by atoms with Gasteiger partial charge in [-0.25, -0.2) is 0 Å². The summed E-state index contributed by atoms with van der Waals surface area (Å²) in [6.45, 7) is 3.94. The molecule has 0 aliphatic carbocycles. The van der Waals surface area contributed by atoms with Crippen LogP contribution < -0.4 is 4.74 Å². The molecule has 0 aliphatic heterocycles. The Kier molecular flexibility index (Phi) is 7.95. The molecule has 1 heterocycles. The van der Waals surface area contributed by atoms with Crippen LogP contribution >= 0.6 is 35.0 Å². The Bertz CT molecular complexity index is 1330. The number of aromatic nitrogens is 3. The minimum Gasteiger partial charge on any atom is -0.489 e. The van der Waals surface area contributed by atoms with E-state index >= 15 is 0 Å². The Labute approximate surface area is 217 Å². The van der Waals surface area contributed by atoms with Crippen LogP contribution in [0.15, 0.2) is 71.9 Å². The van der Waals surface area contributed by atoms with Crippen LogP contribution in [0.2, 0.25) is 10.0 Å². The second kappa shape index (κ2) is 11.1. The summed E-state index contributed by atoms with van der Waals surface area (Å²) in [6.07, 6.45) is 0. The van der Waals surface area contributed by atoms with Crippen LogP contribution in [-0.4, -0.2) is 26.2 Å². The number of aryl methyl sites for hydroxylation is 2. The number of halogens is 2. The molecule has 3 aromatic carbocycles. The number of hydrogen-bond donors (Lipinski definition) is 0. The van der Waals surface area contributed by atoms with E-state index in [2.05, 4.69) is 10.2 Å². The van der Waals surface area contributed by atoms with Gasteiger partial charge in [0.2, 0.25) is 6.54 Å². The lowest BCUT2D eigenvalue weighted by Gasteiger charge is -2.15. The molecular formula is C25H22Cl2N4O3S. The van der Waals surface area contributed by atoms with Crippen LogP contribution in [-0.2, 0) is 6.61 Å². The monoisotopic (exact) mass is 528 g/mol. The number of nitrogens with zero attached hydrogens (tertiary/aromatic N) is 4. The predicted octanol–water partition coefficient (Wildman–Crippen LogP) is 6.88. The number of hydrogen-bond acceptors (Lipinski definition) is 6. The molecule has 0 spiro atoms. The Balaban J connectivity index is 1.52. The SMILES string of the molecule is Cc1ccc(-n2c(C)nnc2S[C@@H](C[N+](=O)[O-])c2ccc(OCc3ccc(Cl)c(Cl)c3)cc2)cc1. The molecule has 10 heteroatoms. The average Bonchev–Trinajstić information content (AvgIpc) is 3.20. The van der Waals surface area contributed by atoms with Crippen molar-refractivity contribution in [2.75, 3.05) is 6.54 Å². The maximum Gasteiger partial charge on any atom is 0.220 e. The van der Waals surface area contributed by atoms with Gasteiger partial charge in [-0.3, -0.25) is 14.7 Å². The number of thioether (sulfide) groups is 1. The molecule has 0 unspecified atom stereocenters. The minimum atomic E-state index is -0.457. The van der Waals surface area contributed by atoms with Gasteiger partial charge in [-0.2, -0.15) is 0 Å². The van der Waals surface area contributed by atoms with Gasteiger partial charge >= 0.3 is 0 Å². The van der Waals surface area contributed by atoms with E-state index in [4.69, 9.17) is 27.9 Å². The Hall–Kier alpha value is -3.07. The Morgan fingerprint density at radius 1 is 1.00 bits per heavy atom. The molecule has 1 aromatic heterocycles. The summed E-state index contributed by atoms with van der Waals surface area (Å²) >= 11 is 13.3. The second-order valence-corrected chi connectivity index (χ2v) is 9.91. The molecular weight excluding hydrogens is 507 g/mol.